The lowest BCUT2D eigenvalue weighted by molar-refractivity contribution is 0.812. The van der Waals surface area contributed by atoms with Crippen molar-refractivity contribution >= 4 is 11.6 Å². The maximum absolute atomic E-state index is 5.94. The third-order valence-corrected chi connectivity index (χ3v) is 2.08. The minimum Gasteiger partial charge on any atom is -0.324 e. The summed E-state index contributed by atoms with van der Waals surface area (Å²) >= 11 is 5.94. The van der Waals surface area contributed by atoms with Crippen molar-refractivity contribution < 1.29 is 0 Å². The molecule has 1 aromatic carbocycles. The Balaban J connectivity index is 2.75. The summed E-state index contributed by atoms with van der Waals surface area (Å²) in [6.07, 6.45) is 2.48. The number of benzene rings is 1. The van der Waals surface area contributed by atoms with Crippen LogP contribution < -0.4 is 5.73 Å². The Morgan fingerprint density at radius 2 is 2.17 bits per heavy atom. The van der Waals surface area contributed by atoms with Gasteiger partial charge in [-0.3, -0.25) is 0 Å². The summed E-state index contributed by atoms with van der Waals surface area (Å²) in [5.41, 5.74) is 6.77. The molecule has 0 saturated carbocycles. The Hall–Kier alpha value is -0.790. The van der Waals surface area contributed by atoms with Crippen molar-refractivity contribution in [1.29, 1.82) is 0 Å². The summed E-state index contributed by atoms with van der Waals surface area (Å²) in [5, 5.41) is 0.773. The van der Waals surface area contributed by atoms with E-state index < -0.39 is 0 Å². The molecule has 2 heteroatoms. The average Bonchev–Trinajstić information content (AvgIpc) is 2.09. The molecule has 0 fully saturated rings. The molecule has 0 saturated heterocycles. The van der Waals surface area contributed by atoms with Gasteiger partial charge in [-0.25, -0.2) is 0 Å². The fourth-order valence-corrected chi connectivity index (χ4v) is 1.21. The smallest absolute Gasteiger partial charge is 0.0438 e. The van der Waals surface area contributed by atoms with Crippen LogP contribution in [0.3, 0.4) is 0 Å². The molecule has 1 aromatic rings. The zero-order chi connectivity index (χ0) is 8.97. The Bertz CT molecular complexity index is 270. The second-order valence-corrected chi connectivity index (χ2v) is 3.10. The van der Waals surface area contributed by atoms with Gasteiger partial charge in [0.25, 0.3) is 0 Å². The molecule has 1 rings (SSSR count). The molecule has 1 nitrogen and oxygen atoms in total. The Kier molecular flexibility index (Phi) is 3.32. The normalized spacial score (nSPS) is 12.5. The van der Waals surface area contributed by atoms with E-state index in [2.05, 4.69) is 6.58 Å². The van der Waals surface area contributed by atoms with Gasteiger partial charge < -0.3 is 5.73 Å². The van der Waals surface area contributed by atoms with Crippen molar-refractivity contribution in [3.8, 4) is 0 Å². The fourth-order valence-electron chi connectivity index (χ4n) is 1.00. The van der Waals surface area contributed by atoms with Crippen molar-refractivity contribution in [3.05, 3.63) is 47.5 Å². The summed E-state index contributed by atoms with van der Waals surface area (Å²) in [6.45, 7) is 3.62. The van der Waals surface area contributed by atoms with Crippen LogP contribution in [-0.2, 0) is 6.42 Å². The highest BCUT2D eigenvalue weighted by atomic mass is 35.5. The number of hydrogen-bond donors (Lipinski definition) is 1. The third-order valence-electron chi connectivity index (χ3n) is 1.72. The maximum Gasteiger partial charge on any atom is 0.0438 e. The quantitative estimate of drug-likeness (QED) is 0.713. The summed E-state index contributed by atoms with van der Waals surface area (Å²) in [4.78, 5) is 0. The SMILES string of the molecule is C=CC(N)Cc1ccccc1Cl. The van der Waals surface area contributed by atoms with Gasteiger partial charge in [0.05, 0.1) is 0 Å². The lowest BCUT2D eigenvalue weighted by Crippen LogP contribution is -2.19. The highest BCUT2D eigenvalue weighted by Gasteiger charge is 2.02. The Morgan fingerprint density at radius 3 is 2.75 bits per heavy atom. The van der Waals surface area contributed by atoms with Gasteiger partial charge in [-0.05, 0) is 18.1 Å². The average molecular weight is 182 g/mol. The Morgan fingerprint density at radius 1 is 1.50 bits per heavy atom. The van der Waals surface area contributed by atoms with Gasteiger partial charge in [0.1, 0.15) is 0 Å². The molecule has 0 bridgehead atoms. The fraction of sp³-hybridized carbons (Fsp3) is 0.200. The van der Waals surface area contributed by atoms with Crippen LogP contribution in [0.5, 0.6) is 0 Å². The number of hydrogen-bond acceptors (Lipinski definition) is 1. The summed E-state index contributed by atoms with van der Waals surface area (Å²) < 4.78 is 0. The van der Waals surface area contributed by atoms with E-state index in [0.717, 1.165) is 17.0 Å². The first kappa shape index (κ1) is 9.30. The van der Waals surface area contributed by atoms with Gasteiger partial charge in [0, 0.05) is 11.1 Å². The molecule has 0 heterocycles. The molecule has 2 N–H and O–H groups in total. The lowest BCUT2D eigenvalue weighted by atomic mass is 10.1. The van der Waals surface area contributed by atoms with Gasteiger partial charge >= 0.3 is 0 Å². The standard InChI is InChI=1S/C10H12ClN/c1-2-9(12)7-8-5-3-4-6-10(8)11/h2-6,9H,1,7,12H2. The van der Waals surface area contributed by atoms with Crippen molar-refractivity contribution in [3.63, 3.8) is 0 Å². The molecule has 1 unspecified atom stereocenters. The molecular formula is C10H12ClN. The van der Waals surface area contributed by atoms with Crippen LogP contribution in [0.2, 0.25) is 5.02 Å². The molecule has 0 spiro atoms. The van der Waals surface area contributed by atoms with Crippen LogP contribution in [0.4, 0.5) is 0 Å². The molecular weight excluding hydrogens is 170 g/mol. The van der Waals surface area contributed by atoms with E-state index in [1.165, 1.54) is 0 Å². The van der Waals surface area contributed by atoms with Gasteiger partial charge in [-0.1, -0.05) is 35.9 Å². The summed E-state index contributed by atoms with van der Waals surface area (Å²) in [6, 6.07) is 7.70. The molecule has 0 aliphatic rings. The highest BCUT2D eigenvalue weighted by Crippen LogP contribution is 2.16. The minimum atomic E-state index is -0.00935. The van der Waals surface area contributed by atoms with Gasteiger partial charge in [-0.15, -0.1) is 6.58 Å². The van der Waals surface area contributed by atoms with Crippen LogP contribution in [0.15, 0.2) is 36.9 Å². The van der Waals surface area contributed by atoms with Crippen molar-refractivity contribution in [2.24, 2.45) is 5.73 Å². The molecule has 0 aromatic heterocycles. The molecule has 0 aliphatic heterocycles. The van der Waals surface area contributed by atoms with E-state index >= 15 is 0 Å². The van der Waals surface area contributed by atoms with E-state index in [9.17, 15) is 0 Å². The number of rotatable bonds is 3. The second kappa shape index (κ2) is 4.29. The van der Waals surface area contributed by atoms with Gasteiger partial charge in [0.15, 0.2) is 0 Å². The largest absolute Gasteiger partial charge is 0.324 e. The minimum absolute atomic E-state index is 0.00935. The van der Waals surface area contributed by atoms with Gasteiger partial charge in [-0.2, -0.15) is 0 Å². The molecule has 0 radical (unpaired) electrons. The van der Waals surface area contributed by atoms with Gasteiger partial charge in [0.2, 0.25) is 0 Å². The van der Waals surface area contributed by atoms with Crippen molar-refractivity contribution in [1.82, 2.24) is 0 Å². The van der Waals surface area contributed by atoms with E-state index in [0.29, 0.717) is 0 Å². The van der Waals surface area contributed by atoms with Crippen LogP contribution in [0.1, 0.15) is 5.56 Å². The topological polar surface area (TPSA) is 26.0 Å². The third kappa shape index (κ3) is 2.36. The van der Waals surface area contributed by atoms with Crippen molar-refractivity contribution in [2.45, 2.75) is 12.5 Å². The maximum atomic E-state index is 5.94. The van der Waals surface area contributed by atoms with Crippen LogP contribution >= 0.6 is 11.6 Å². The molecule has 12 heavy (non-hydrogen) atoms. The van der Waals surface area contributed by atoms with E-state index in [-0.39, 0.29) is 6.04 Å². The summed E-state index contributed by atoms with van der Waals surface area (Å²) in [5.74, 6) is 0. The highest BCUT2D eigenvalue weighted by molar-refractivity contribution is 6.31. The number of nitrogens with two attached hydrogens (primary N) is 1. The predicted molar refractivity (Wildman–Crippen MR) is 53.3 cm³/mol. The van der Waals surface area contributed by atoms with Crippen LogP contribution in [-0.4, -0.2) is 6.04 Å². The zero-order valence-corrected chi connectivity index (χ0v) is 7.59. The first-order valence-corrected chi connectivity index (χ1v) is 4.23. The van der Waals surface area contributed by atoms with Crippen LogP contribution in [0.25, 0.3) is 0 Å². The van der Waals surface area contributed by atoms with E-state index in [1.54, 1.807) is 6.08 Å². The first-order chi connectivity index (χ1) is 5.74. The van der Waals surface area contributed by atoms with E-state index in [1.807, 2.05) is 24.3 Å². The lowest BCUT2D eigenvalue weighted by Gasteiger charge is -2.07. The number of halogens is 1. The predicted octanol–water partition coefficient (Wildman–Crippen LogP) is 2.40. The second-order valence-electron chi connectivity index (χ2n) is 2.70. The first-order valence-electron chi connectivity index (χ1n) is 3.85. The molecule has 64 valence electrons. The Labute approximate surface area is 77.8 Å². The zero-order valence-electron chi connectivity index (χ0n) is 6.83. The molecule has 1 atom stereocenters. The monoisotopic (exact) mass is 181 g/mol. The van der Waals surface area contributed by atoms with Crippen molar-refractivity contribution in [2.75, 3.05) is 0 Å². The summed E-state index contributed by atoms with van der Waals surface area (Å²) in [7, 11) is 0. The van der Waals surface area contributed by atoms with Crippen LogP contribution in [0, 0.1) is 0 Å². The molecule has 0 aliphatic carbocycles. The molecule has 0 amide bonds. The van der Waals surface area contributed by atoms with E-state index in [4.69, 9.17) is 17.3 Å².